The van der Waals surface area contributed by atoms with Gasteiger partial charge in [0.25, 0.3) is 0 Å². The number of carbonyl (C=O) groups excluding carboxylic acids is 2. The average Bonchev–Trinajstić information content (AvgIpc) is 3.05. The summed E-state index contributed by atoms with van der Waals surface area (Å²) in [7, 11) is 0. The molecule has 212 valence electrons. The van der Waals surface area contributed by atoms with Gasteiger partial charge in [0.1, 0.15) is 29.2 Å². The summed E-state index contributed by atoms with van der Waals surface area (Å²) in [4.78, 5) is 27.5. The monoisotopic (exact) mass is 553 g/mol. The largest absolute Gasteiger partial charge is 0.444 e. The second-order valence-electron chi connectivity index (χ2n) is 11.1. The van der Waals surface area contributed by atoms with Crippen molar-refractivity contribution in [2.24, 2.45) is 0 Å². The lowest BCUT2D eigenvalue weighted by atomic mass is 9.73. The number of fused-ring (bicyclic) bond motifs is 3. The van der Waals surface area contributed by atoms with Gasteiger partial charge in [-0.2, -0.15) is 13.2 Å². The van der Waals surface area contributed by atoms with Crippen LogP contribution < -0.4 is 10.6 Å². The highest BCUT2D eigenvalue weighted by molar-refractivity contribution is 6.00. The molecule has 39 heavy (non-hydrogen) atoms. The fourth-order valence-corrected chi connectivity index (χ4v) is 5.36. The Bertz CT molecular complexity index is 1180. The molecule has 1 aliphatic heterocycles. The van der Waals surface area contributed by atoms with Gasteiger partial charge in [0.05, 0.1) is 6.04 Å². The number of hydrogen-bond acceptors (Lipinski definition) is 4. The molecule has 0 unspecified atom stereocenters. The minimum atomic E-state index is -4.65. The van der Waals surface area contributed by atoms with Crippen LogP contribution in [0.25, 0.3) is 11.1 Å². The lowest BCUT2D eigenvalue weighted by Crippen LogP contribution is -2.59. The highest BCUT2D eigenvalue weighted by atomic mass is 19.4. The third-order valence-electron chi connectivity index (χ3n) is 6.96. The Hall–Kier alpha value is -3.21. The second-order valence-corrected chi connectivity index (χ2v) is 11.1. The average molecular weight is 554 g/mol. The van der Waals surface area contributed by atoms with Gasteiger partial charge in [-0.3, -0.25) is 9.69 Å². The van der Waals surface area contributed by atoms with E-state index in [2.05, 4.69) is 10.2 Å². The van der Waals surface area contributed by atoms with Gasteiger partial charge in [0, 0.05) is 13.1 Å². The van der Waals surface area contributed by atoms with E-state index in [1.165, 1.54) is 24.3 Å². The van der Waals surface area contributed by atoms with Crippen LogP contribution in [-0.2, 0) is 14.9 Å². The number of likely N-dealkylation sites (tertiary alicyclic amines) is 1. The fraction of sp³-hybridized carbons (Fsp3) is 0.500. The van der Waals surface area contributed by atoms with Gasteiger partial charge in [-0.1, -0.05) is 18.6 Å². The minimum absolute atomic E-state index is 0.0566. The minimum Gasteiger partial charge on any atom is -0.444 e. The van der Waals surface area contributed by atoms with E-state index in [4.69, 9.17) is 4.74 Å². The van der Waals surface area contributed by atoms with E-state index in [9.17, 15) is 31.5 Å². The zero-order valence-corrected chi connectivity index (χ0v) is 22.1. The molecule has 0 radical (unpaired) electrons. The number of alkyl halides is 3. The van der Waals surface area contributed by atoms with Crippen LogP contribution >= 0.6 is 0 Å². The Morgan fingerprint density at radius 1 is 0.974 bits per heavy atom. The standard InChI is InChI=1S/C28H32F5N3O3/c1-26(2,3)39-25(38)35-19-14-36(15-19)11-5-4-10-27(24(37)34-16-28(31,32)33)22-12-17(29)6-8-20(22)21-9-7-18(30)13-23(21)27/h6-9,12-13,19H,4-5,10-11,14-16H2,1-3H3,(H,34,37)(H,35,38). The summed E-state index contributed by atoms with van der Waals surface area (Å²) in [6.07, 6.45) is -4.07. The maximum absolute atomic E-state index is 14.4. The summed E-state index contributed by atoms with van der Waals surface area (Å²) in [5.74, 6) is -2.22. The lowest BCUT2D eigenvalue weighted by molar-refractivity contribution is -0.141. The molecule has 4 rings (SSSR count). The molecule has 0 bridgehead atoms. The number of amides is 2. The molecule has 2 amide bonds. The molecule has 11 heteroatoms. The quantitative estimate of drug-likeness (QED) is 0.345. The number of nitrogens with zero attached hydrogens (tertiary/aromatic N) is 1. The van der Waals surface area contributed by atoms with Crippen molar-refractivity contribution in [2.45, 2.75) is 63.3 Å². The van der Waals surface area contributed by atoms with Crippen LogP contribution in [-0.4, -0.2) is 60.9 Å². The molecule has 2 aromatic carbocycles. The first-order valence-corrected chi connectivity index (χ1v) is 12.9. The molecule has 2 aliphatic rings. The van der Waals surface area contributed by atoms with E-state index in [0.717, 1.165) is 12.1 Å². The number of alkyl carbamates (subject to hydrolysis) is 1. The number of nitrogens with one attached hydrogen (secondary N) is 2. The zero-order chi connectivity index (χ0) is 28.6. The molecule has 1 heterocycles. The zero-order valence-electron chi connectivity index (χ0n) is 22.1. The van der Waals surface area contributed by atoms with E-state index in [-0.39, 0.29) is 23.6 Å². The van der Waals surface area contributed by atoms with Crippen molar-refractivity contribution >= 4 is 12.0 Å². The Morgan fingerprint density at radius 2 is 1.54 bits per heavy atom. The number of hydrogen-bond donors (Lipinski definition) is 2. The topological polar surface area (TPSA) is 70.7 Å². The third-order valence-corrected chi connectivity index (χ3v) is 6.96. The van der Waals surface area contributed by atoms with Crippen LogP contribution in [0.2, 0.25) is 0 Å². The first-order valence-electron chi connectivity index (χ1n) is 12.9. The second kappa shape index (κ2) is 10.7. The first kappa shape index (κ1) is 28.8. The number of rotatable bonds is 8. The predicted octanol–water partition coefficient (Wildman–Crippen LogP) is 5.29. The molecule has 2 N–H and O–H groups in total. The lowest BCUT2D eigenvalue weighted by Gasteiger charge is -2.40. The van der Waals surface area contributed by atoms with E-state index >= 15 is 0 Å². The van der Waals surface area contributed by atoms with Crippen molar-refractivity contribution in [2.75, 3.05) is 26.2 Å². The van der Waals surface area contributed by atoms with Gasteiger partial charge in [0.15, 0.2) is 0 Å². The number of benzene rings is 2. The van der Waals surface area contributed by atoms with Crippen LogP contribution in [0.15, 0.2) is 36.4 Å². The van der Waals surface area contributed by atoms with Gasteiger partial charge in [-0.25, -0.2) is 13.6 Å². The SMILES string of the molecule is CC(C)(C)OC(=O)NC1CN(CCCCC2(C(=O)NCC(F)(F)F)c3cc(F)ccc3-c3ccc(F)cc32)C1. The van der Waals surface area contributed by atoms with Gasteiger partial charge >= 0.3 is 12.3 Å². The van der Waals surface area contributed by atoms with Crippen LogP contribution in [0, 0.1) is 11.6 Å². The van der Waals surface area contributed by atoms with Crippen LogP contribution in [0.1, 0.15) is 51.2 Å². The van der Waals surface area contributed by atoms with E-state index < -0.39 is 47.4 Å². The predicted molar refractivity (Wildman–Crippen MR) is 135 cm³/mol. The van der Waals surface area contributed by atoms with Gasteiger partial charge in [0.2, 0.25) is 5.91 Å². The molecule has 1 saturated heterocycles. The third kappa shape index (κ3) is 6.51. The highest BCUT2D eigenvalue weighted by Gasteiger charge is 2.50. The van der Waals surface area contributed by atoms with Crippen molar-refractivity contribution in [3.8, 4) is 11.1 Å². The summed E-state index contributed by atoms with van der Waals surface area (Å²) >= 11 is 0. The molecule has 0 spiro atoms. The molecule has 1 aliphatic carbocycles. The smallest absolute Gasteiger partial charge is 0.407 e. The van der Waals surface area contributed by atoms with E-state index in [0.29, 0.717) is 43.6 Å². The first-order chi connectivity index (χ1) is 18.2. The maximum Gasteiger partial charge on any atom is 0.407 e. The van der Waals surface area contributed by atoms with Gasteiger partial charge in [-0.15, -0.1) is 0 Å². The summed E-state index contributed by atoms with van der Waals surface area (Å²) in [6, 6.07) is 7.61. The Kier molecular flexibility index (Phi) is 7.93. The van der Waals surface area contributed by atoms with Gasteiger partial charge in [-0.05, 0) is 86.7 Å². The summed E-state index contributed by atoms with van der Waals surface area (Å²) in [5, 5.41) is 4.77. The van der Waals surface area contributed by atoms with E-state index in [1.807, 2.05) is 5.32 Å². The Morgan fingerprint density at radius 3 is 2.05 bits per heavy atom. The molecule has 2 aromatic rings. The number of carbonyl (C=O) groups is 2. The fourth-order valence-electron chi connectivity index (χ4n) is 5.36. The molecule has 0 atom stereocenters. The molecule has 0 saturated carbocycles. The molecular weight excluding hydrogens is 521 g/mol. The molecule has 6 nitrogen and oxygen atoms in total. The normalized spacial score (nSPS) is 16.7. The molecular formula is C28H32F5N3O3. The van der Waals surface area contributed by atoms with Crippen molar-refractivity contribution in [1.29, 1.82) is 0 Å². The number of halogens is 5. The maximum atomic E-state index is 14.4. The van der Waals surface area contributed by atoms with E-state index in [1.54, 1.807) is 20.8 Å². The van der Waals surface area contributed by atoms with Gasteiger partial charge < -0.3 is 15.4 Å². The van der Waals surface area contributed by atoms with Crippen LogP contribution in [0.4, 0.5) is 26.7 Å². The van der Waals surface area contributed by atoms with Crippen molar-refractivity contribution in [3.05, 3.63) is 59.2 Å². The van der Waals surface area contributed by atoms with Crippen LogP contribution in [0.5, 0.6) is 0 Å². The van der Waals surface area contributed by atoms with Crippen molar-refractivity contribution in [1.82, 2.24) is 15.5 Å². The highest BCUT2D eigenvalue weighted by Crippen LogP contribution is 2.52. The summed E-state index contributed by atoms with van der Waals surface area (Å²) in [6.45, 7) is 5.62. The number of unbranched alkanes of at least 4 members (excludes halogenated alkanes) is 1. The molecule has 0 aromatic heterocycles. The Balaban J connectivity index is 1.47. The number of ether oxygens (including phenoxy) is 1. The molecule has 1 fully saturated rings. The Labute approximate surface area is 223 Å². The van der Waals surface area contributed by atoms with Crippen molar-refractivity contribution in [3.63, 3.8) is 0 Å². The summed E-state index contributed by atoms with van der Waals surface area (Å²) < 4.78 is 73.0. The summed E-state index contributed by atoms with van der Waals surface area (Å²) in [5.41, 5.74) is -0.823. The van der Waals surface area contributed by atoms with Crippen molar-refractivity contribution < 1.29 is 36.3 Å². The van der Waals surface area contributed by atoms with Crippen LogP contribution in [0.3, 0.4) is 0 Å².